The zero-order chi connectivity index (χ0) is 37.0. The van der Waals surface area contributed by atoms with Gasteiger partial charge < -0.3 is 8.80 Å². The van der Waals surface area contributed by atoms with Crippen LogP contribution in [0.3, 0.4) is 0 Å². The van der Waals surface area contributed by atoms with Crippen LogP contribution in [0, 0.1) is 0 Å². The van der Waals surface area contributed by atoms with Gasteiger partial charge in [-0.3, -0.25) is 0 Å². The Hall–Kier alpha value is -7.56. The van der Waals surface area contributed by atoms with Crippen molar-refractivity contribution in [2.75, 3.05) is 0 Å². The summed E-state index contributed by atoms with van der Waals surface area (Å²) in [6.45, 7) is 0. The standard InChI is InChI=1S/C52H34N4/c1-3-13-35(14-4-1)41-21-11-31-55-33-47(53-51(41)55)37-23-27-39(28-24-37)49-43-17-7-9-19-45(43)50(46-20-10-8-18-44(46)49)40-29-25-38(26-30-40)48-34-56-32-12-22-42(52(56)54-48)36-15-5-2-6-16-36/h1-34H. The summed E-state index contributed by atoms with van der Waals surface area (Å²) < 4.78 is 4.24. The highest BCUT2D eigenvalue weighted by Gasteiger charge is 2.18. The van der Waals surface area contributed by atoms with Crippen LogP contribution in [0.15, 0.2) is 207 Å². The molecule has 0 saturated heterocycles. The van der Waals surface area contributed by atoms with Crippen molar-refractivity contribution in [2.24, 2.45) is 0 Å². The molecule has 56 heavy (non-hydrogen) atoms. The van der Waals surface area contributed by atoms with Crippen LogP contribution < -0.4 is 0 Å². The minimum absolute atomic E-state index is 0.953. The van der Waals surface area contributed by atoms with Crippen LogP contribution in [0.5, 0.6) is 0 Å². The Kier molecular flexibility index (Phi) is 7.46. The van der Waals surface area contributed by atoms with E-state index in [0.717, 1.165) is 56.1 Å². The molecule has 0 aliphatic heterocycles. The smallest absolute Gasteiger partial charge is 0.145 e. The van der Waals surface area contributed by atoms with E-state index in [9.17, 15) is 0 Å². The highest BCUT2D eigenvalue weighted by atomic mass is 15.0. The van der Waals surface area contributed by atoms with E-state index in [-0.39, 0.29) is 0 Å². The molecule has 0 bridgehead atoms. The van der Waals surface area contributed by atoms with E-state index >= 15 is 0 Å². The van der Waals surface area contributed by atoms with Gasteiger partial charge in [0.1, 0.15) is 11.3 Å². The number of nitrogens with zero attached hydrogens (tertiary/aromatic N) is 4. The second-order valence-corrected chi connectivity index (χ2v) is 14.3. The summed E-state index contributed by atoms with van der Waals surface area (Å²) in [5, 5.41) is 4.92. The monoisotopic (exact) mass is 714 g/mol. The SMILES string of the molecule is c1ccc(-c2cccn3cc(-c4ccc(-c5c6ccccc6c(-c6ccc(-c7cn8cccc(-c9ccccc9)c8n7)cc6)c6ccccc56)cc4)nc23)cc1. The first kappa shape index (κ1) is 31.9. The molecule has 11 rings (SSSR count). The van der Waals surface area contributed by atoms with Gasteiger partial charge in [0.05, 0.1) is 11.4 Å². The molecule has 7 aromatic carbocycles. The van der Waals surface area contributed by atoms with E-state index in [1.54, 1.807) is 0 Å². The van der Waals surface area contributed by atoms with Gasteiger partial charge in [-0.25, -0.2) is 9.97 Å². The highest BCUT2D eigenvalue weighted by molar-refractivity contribution is 6.21. The molecule has 0 radical (unpaired) electrons. The summed E-state index contributed by atoms with van der Waals surface area (Å²) in [4.78, 5) is 10.2. The van der Waals surface area contributed by atoms with Crippen LogP contribution in [0.1, 0.15) is 0 Å². The number of rotatable bonds is 6. The molecule has 0 aliphatic carbocycles. The number of hydrogen-bond donors (Lipinski definition) is 0. The lowest BCUT2D eigenvalue weighted by Crippen LogP contribution is -1.91. The summed E-state index contributed by atoms with van der Waals surface area (Å²) in [5.41, 5.74) is 15.4. The van der Waals surface area contributed by atoms with Crippen LogP contribution in [-0.2, 0) is 0 Å². The second kappa shape index (κ2) is 13.1. The number of hydrogen-bond acceptors (Lipinski definition) is 2. The fraction of sp³-hybridized carbons (Fsp3) is 0. The van der Waals surface area contributed by atoms with Gasteiger partial charge in [-0.1, -0.05) is 158 Å². The Balaban J connectivity index is 0.983. The second-order valence-electron chi connectivity index (χ2n) is 14.3. The first-order chi connectivity index (χ1) is 27.8. The molecule has 262 valence electrons. The largest absolute Gasteiger partial charge is 0.306 e. The van der Waals surface area contributed by atoms with Crippen LogP contribution in [0.2, 0.25) is 0 Å². The van der Waals surface area contributed by atoms with Gasteiger partial charge in [0, 0.05) is 47.0 Å². The lowest BCUT2D eigenvalue weighted by molar-refractivity contribution is 1.19. The summed E-state index contributed by atoms with van der Waals surface area (Å²) in [5.74, 6) is 0. The van der Waals surface area contributed by atoms with E-state index in [1.807, 2.05) is 12.1 Å². The third kappa shape index (κ3) is 5.31. The van der Waals surface area contributed by atoms with Crippen LogP contribution in [0.25, 0.3) is 99.9 Å². The van der Waals surface area contributed by atoms with Gasteiger partial charge in [0.25, 0.3) is 0 Å². The fourth-order valence-corrected chi connectivity index (χ4v) is 8.36. The topological polar surface area (TPSA) is 34.6 Å². The molecule has 4 heterocycles. The van der Waals surface area contributed by atoms with E-state index in [2.05, 4.69) is 203 Å². The predicted molar refractivity (Wildman–Crippen MR) is 232 cm³/mol. The molecule has 4 aromatic heterocycles. The molecule has 0 saturated carbocycles. The van der Waals surface area contributed by atoms with Crippen molar-refractivity contribution in [2.45, 2.75) is 0 Å². The van der Waals surface area contributed by atoms with Crippen molar-refractivity contribution in [1.29, 1.82) is 0 Å². The zero-order valence-electron chi connectivity index (χ0n) is 30.4. The quantitative estimate of drug-likeness (QED) is 0.161. The number of fused-ring (bicyclic) bond motifs is 4. The summed E-state index contributed by atoms with van der Waals surface area (Å²) >= 11 is 0. The van der Waals surface area contributed by atoms with E-state index in [4.69, 9.17) is 9.97 Å². The Bertz CT molecular complexity index is 2940. The van der Waals surface area contributed by atoms with Crippen molar-refractivity contribution < 1.29 is 0 Å². The Labute approximate surface area is 324 Å². The number of pyridine rings is 2. The predicted octanol–water partition coefficient (Wildman–Crippen LogP) is 13.3. The van der Waals surface area contributed by atoms with Crippen molar-refractivity contribution >= 4 is 32.8 Å². The van der Waals surface area contributed by atoms with Crippen LogP contribution in [-0.4, -0.2) is 18.8 Å². The first-order valence-corrected chi connectivity index (χ1v) is 19.0. The molecule has 0 atom stereocenters. The molecule has 11 aromatic rings. The van der Waals surface area contributed by atoms with Gasteiger partial charge in [-0.2, -0.15) is 0 Å². The highest BCUT2D eigenvalue weighted by Crippen LogP contribution is 2.44. The minimum Gasteiger partial charge on any atom is -0.306 e. The third-order valence-corrected chi connectivity index (χ3v) is 11.0. The zero-order valence-corrected chi connectivity index (χ0v) is 30.4. The Morgan fingerprint density at radius 2 is 0.625 bits per heavy atom. The van der Waals surface area contributed by atoms with Gasteiger partial charge in [-0.05, 0) is 79.2 Å². The number of aromatic nitrogens is 4. The Morgan fingerprint density at radius 1 is 0.286 bits per heavy atom. The maximum atomic E-state index is 5.12. The van der Waals surface area contributed by atoms with Crippen LogP contribution >= 0.6 is 0 Å². The minimum atomic E-state index is 0.953. The van der Waals surface area contributed by atoms with Gasteiger partial charge >= 0.3 is 0 Å². The first-order valence-electron chi connectivity index (χ1n) is 19.0. The van der Waals surface area contributed by atoms with Gasteiger partial charge in [-0.15, -0.1) is 0 Å². The molecule has 0 fully saturated rings. The molecule has 0 N–H and O–H groups in total. The molecule has 4 heteroatoms. The lowest BCUT2D eigenvalue weighted by atomic mass is 9.85. The van der Waals surface area contributed by atoms with Crippen molar-refractivity contribution in [3.8, 4) is 67.0 Å². The van der Waals surface area contributed by atoms with Gasteiger partial charge in [0.2, 0.25) is 0 Å². The van der Waals surface area contributed by atoms with Gasteiger partial charge in [0.15, 0.2) is 0 Å². The molecule has 0 unspecified atom stereocenters. The van der Waals surface area contributed by atoms with Crippen LogP contribution in [0.4, 0.5) is 0 Å². The molecule has 0 spiro atoms. The summed E-state index contributed by atoms with van der Waals surface area (Å²) in [6, 6.07) is 64.8. The molecular weight excluding hydrogens is 681 g/mol. The van der Waals surface area contributed by atoms with E-state index in [1.165, 1.54) is 43.8 Å². The summed E-state index contributed by atoms with van der Waals surface area (Å²) in [6.07, 6.45) is 8.39. The molecule has 0 aliphatic rings. The van der Waals surface area contributed by atoms with Crippen molar-refractivity contribution in [3.05, 3.63) is 207 Å². The third-order valence-electron chi connectivity index (χ3n) is 11.0. The van der Waals surface area contributed by atoms with Crippen molar-refractivity contribution in [3.63, 3.8) is 0 Å². The lowest BCUT2D eigenvalue weighted by Gasteiger charge is -2.18. The maximum absolute atomic E-state index is 5.12. The Morgan fingerprint density at radius 3 is 1.00 bits per heavy atom. The number of benzene rings is 7. The van der Waals surface area contributed by atoms with Crippen molar-refractivity contribution in [1.82, 2.24) is 18.8 Å². The maximum Gasteiger partial charge on any atom is 0.145 e. The average Bonchev–Trinajstić information content (AvgIpc) is 3.92. The molecule has 0 amide bonds. The fourth-order valence-electron chi connectivity index (χ4n) is 8.36. The number of imidazole rings is 2. The normalized spacial score (nSPS) is 11.6. The summed E-state index contributed by atoms with van der Waals surface area (Å²) in [7, 11) is 0. The molecule has 4 nitrogen and oxygen atoms in total. The average molecular weight is 715 g/mol. The van der Waals surface area contributed by atoms with E-state index < -0.39 is 0 Å². The van der Waals surface area contributed by atoms with E-state index in [0.29, 0.717) is 0 Å². The molecular formula is C52H34N4.